The predicted molar refractivity (Wildman–Crippen MR) is 87.0 cm³/mol. The molecule has 1 aliphatic rings. The maximum atomic E-state index is 11.2. The Morgan fingerprint density at radius 2 is 1.87 bits per heavy atom. The van der Waals surface area contributed by atoms with Crippen LogP contribution in [0, 0.1) is 0 Å². The van der Waals surface area contributed by atoms with Crippen LogP contribution in [0.15, 0.2) is 53.4 Å². The zero-order valence-electron chi connectivity index (χ0n) is 12.2. The average molecular weight is 334 g/mol. The SMILES string of the molecule is NS(=O)(=O)c1ccc(NC2CC(c3cccc(O)c3)NN2)cc1. The van der Waals surface area contributed by atoms with Gasteiger partial charge in [-0.1, -0.05) is 12.1 Å². The Balaban J connectivity index is 1.64. The lowest BCUT2D eigenvalue weighted by Crippen LogP contribution is -2.35. The van der Waals surface area contributed by atoms with E-state index in [1.165, 1.54) is 12.1 Å². The zero-order valence-corrected chi connectivity index (χ0v) is 13.0. The summed E-state index contributed by atoms with van der Waals surface area (Å²) in [5, 5.41) is 17.9. The number of hydrazine groups is 1. The summed E-state index contributed by atoms with van der Waals surface area (Å²) >= 11 is 0. The number of nitrogens with two attached hydrogens (primary N) is 1. The lowest BCUT2D eigenvalue weighted by atomic mass is 10.0. The number of phenolic OH excluding ortho intramolecular Hbond substituents is 1. The minimum absolute atomic E-state index is 0.0253. The molecular weight excluding hydrogens is 316 g/mol. The quantitative estimate of drug-likeness (QED) is 0.570. The maximum absolute atomic E-state index is 11.2. The Morgan fingerprint density at radius 3 is 2.52 bits per heavy atom. The van der Waals surface area contributed by atoms with Gasteiger partial charge in [-0.25, -0.2) is 24.4 Å². The third-order valence-corrected chi connectivity index (χ3v) is 4.63. The van der Waals surface area contributed by atoms with E-state index in [2.05, 4.69) is 16.2 Å². The molecule has 1 fully saturated rings. The number of benzene rings is 2. The average Bonchev–Trinajstić information content (AvgIpc) is 2.95. The van der Waals surface area contributed by atoms with Crippen molar-refractivity contribution in [1.29, 1.82) is 0 Å². The fraction of sp³-hybridized carbons (Fsp3) is 0.200. The number of hydrogen-bond acceptors (Lipinski definition) is 6. The molecule has 2 atom stereocenters. The molecule has 0 amide bonds. The molecule has 122 valence electrons. The fourth-order valence-corrected chi connectivity index (χ4v) is 3.07. The molecule has 0 saturated carbocycles. The highest BCUT2D eigenvalue weighted by molar-refractivity contribution is 7.89. The number of phenols is 1. The zero-order chi connectivity index (χ0) is 16.4. The van der Waals surface area contributed by atoms with Crippen LogP contribution in [0.2, 0.25) is 0 Å². The normalized spacial score (nSPS) is 21.3. The van der Waals surface area contributed by atoms with Gasteiger partial charge in [-0.2, -0.15) is 0 Å². The van der Waals surface area contributed by atoms with E-state index < -0.39 is 10.0 Å². The molecule has 0 spiro atoms. The molecule has 6 N–H and O–H groups in total. The number of nitrogens with one attached hydrogen (secondary N) is 3. The van der Waals surface area contributed by atoms with Crippen molar-refractivity contribution in [2.75, 3.05) is 5.32 Å². The lowest BCUT2D eigenvalue weighted by Gasteiger charge is -2.14. The van der Waals surface area contributed by atoms with E-state index in [1.807, 2.05) is 6.07 Å². The van der Waals surface area contributed by atoms with Crippen molar-refractivity contribution >= 4 is 15.7 Å². The van der Waals surface area contributed by atoms with Gasteiger partial charge in [0.05, 0.1) is 11.1 Å². The van der Waals surface area contributed by atoms with Gasteiger partial charge in [-0.15, -0.1) is 0 Å². The van der Waals surface area contributed by atoms with Crippen molar-refractivity contribution in [2.45, 2.75) is 23.5 Å². The Kier molecular flexibility index (Phi) is 4.22. The minimum atomic E-state index is -3.68. The Morgan fingerprint density at radius 1 is 1.13 bits per heavy atom. The third kappa shape index (κ3) is 3.80. The molecule has 0 aromatic heterocycles. The molecule has 2 aromatic rings. The number of hydrogen-bond donors (Lipinski definition) is 5. The first kappa shape index (κ1) is 15.8. The summed E-state index contributed by atoms with van der Waals surface area (Å²) in [4.78, 5) is 0.0817. The smallest absolute Gasteiger partial charge is 0.238 e. The topological polar surface area (TPSA) is 116 Å². The van der Waals surface area contributed by atoms with Gasteiger partial charge in [0.1, 0.15) is 5.75 Å². The lowest BCUT2D eigenvalue weighted by molar-refractivity contribution is 0.472. The van der Waals surface area contributed by atoms with Crippen molar-refractivity contribution in [3.05, 3.63) is 54.1 Å². The maximum Gasteiger partial charge on any atom is 0.238 e. The van der Waals surface area contributed by atoms with Crippen LogP contribution >= 0.6 is 0 Å². The molecule has 0 bridgehead atoms. The first-order chi connectivity index (χ1) is 10.9. The van der Waals surface area contributed by atoms with Crippen molar-refractivity contribution < 1.29 is 13.5 Å². The van der Waals surface area contributed by atoms with Gasteiger partial charge in [0, 0.05) is 18.2 Å². The van der Waals surface area contributed by atoms with E-state index in [-0.39, 0.29) is 22.9 Å². The molecule has 0 aliphatic carbocycles. The predicted octanol–water partition coefficient (Wildman–Crippen LogP) is 1.02. The second-order valence-electron chi connectivity index (χ2n) is 5.44. The van der Waals surface area contributed by atoms with Crippen molar-refractivity contribution in [1.82, 2.24) is 10.9 Å². The molecule has 1 saturated heterocycles. The van der Waals surface area contributed by atoms with E-state index in [4.69, 9.17) is 5.14 Å². The second kappa shape index (κ2) is 6.17. The van der Waals surface area contributed by atoms with Gasteiger partial charge in [0.25, 0.3) is 0 Å². The Hall–Kier alpha value is -2.13. The van der Waals surface area contributed by atoms with Crippen LogP contribution in [-0.2, 0) is 10.0 Å². The van der Waals surface area contributed by atoms with Crippen LogP contribution < -0.4 is 21.3 Å². The molecular formula is C15H18N4O3S. The summed E-state index contributed by atoms with van der Waals surface area (Å²) in [5.41, 5.74) is 8.08. The van der Waals surface area contributed by atoms with Gasteiger partial charge >= 0.3 is 0 Å². The molecule has 7 nitrogen and oxygen atoms in total. The van der Waals surface area contributed by atoms with Crippen LogP contribution in [0.25, 0.3) is 0 Å². The first-order valence-electron chi connectivity index (χ1n) is 7.11. The van der Waals surface area contributed by atoms with Crippen LogP contribution in [0.5, 0.6) is 5.75 Å². The minimum Gasteiger partial charge on any atom is -0.508 e. The molecule has 3 rings (SSSR count). The first-order valence-corrected chi connectivity index (χ1v) is 8.66. The number of anilines is 1. The summed E-state index contributed by atoms with van der Waals surface area (Å²) in [6, 6.07) is 13.5. The standard InChI is InChI=1S/C15H18N4O3S/c16-23(21,22)13-6-4-11(5-7-13)17-15-9-14(18-19-15)10-2-1-3-12(20)8-10/h1-8,14-15,17-20H,9H2,(H2,16,21,22). The number of sulfonamides is 1. The summed E-state index contributed by atoms with van der Waals surface area (Å²) in [6.07, 6.45) is 0.739. The van der Waals surface area contributed by atoms with E-state index in [1.54, 1.807) is 30.3 Å². The van der Waals surface area contributed by atoms with E-state index >= 15 is 0 Å². The Labute approximate surface area is 134 Å². The number of primary sulfonamides is 1. The van der Waals surface area contributed by atoms with E-state index in [0.717, 1.165) is 17.7 Å². The summed E-state index contributed by atoms with van der Waals surface area (Å²) in [7, 11) is -3.68. The summed E-state index contributed by atoms with van der Waals surface area (Å²) < 4.78 is 22.5. The monoisotopic (exact) mass is 334 g/mol. The highest BCUT2D eigenvalue weighted by Gasteiger charge is 2.25. The molecule has 2 unspecified atom stereocenters. The van der Waals surface area contributed by atoms with Crippen molar-refractivity contribution in [2.24, 2.45) is 5.14 Å². The van der Waals surface area contributed by atoms with Crippen LogP contribution in [0.1, 0.15) is 18.0 Å². The highest BCUT2D eigenvalue weighted by atomic mass is 32.2. The fourth-order valence-electron chi connectivity index (χ4n) is 2.55. The Bertz CT molecular complexity index is 793. The van der Waals surface area contributed by atoms with Crippen LogP contribution in [0.4, 0.5) is 5.69 Å². The summed E-state index contributed by atoms with van der Waals surface area (Å²) in [6.45, 7) is 0. The van der Waals surface area contributed by atoms with Gasteiger partial charge in [-0.05, 0) is 42.0 Å². The van der Waals surface area contributed by atoms with Gasteiger partial charge in [0.15, 0.2) is 0 Å². The second-order valence-corrected chi connectivity index (χ2v) is 7.00. The molecule has 0 radical (unpaired) electrons. The number of rotatable bonds is 4. The summed E-state index contributed by atoms with van der Waals surface area (Å²) in [5.74, 6) is 0.235. The van der Waals surface area contributed by atoms with Crippen molar-refractivity contribution in [3.8, 4) is 5.75 Å². The van der Waals surface area contributed by atoms with Crippen LogP contribution in [-0.4, -0.2) is 19.7 Å². The van der Waals surface area contributed by atoms with Crippen LogP contribution in [0.3, 0.4) is 0 Å². The number of aromatic hydroxyl groups is 1. The van der Waals surface area contributed by atoms with E-state index in [9.17, 15) is 13.5 Å². The molecule has 2 aromatic carbocycles. The van der Waals surface area contributed by atoms with Gasteiger partial charge < -0.3 is 10.4 Å². The van der Waals surface area contributed by atoms with Gasteiger partial charge in [0.2, 0.25) is 10.0 Å². The van der Waals surface area contributed by atoms with Crippen molar-refractivity contribution in [3.63, 3.8) is 0 Å². The molecule has 23 heavy (non-hydrogen) atoms. The van der Waals surface area contributed by atoms with Gasteiger partial charge in [-0.3, -0.25) is 0 Å². The van der Waals surface area contributed by atoms with E-state index in [0.29, 0.717) is 0 Å². The molecule has 8 heteroatoms. The molecule has 1 aliphatic heterocycles. The third-order valence-electron chi connectivity index (χ3n) is 3.70. The molecule has 1 heterocycles. The largest absolute Gasteiger partial charge is 0.508 e. The highest BCUT2D eigenvalue weighted by Crippen LogP contribution is 2.25.